The molecule has 1 radical (unpaired) electrons. The molecular formula is C23H18F3O2. The van der Waals surface area contributed by atoms with Crippen molar-refractivity contribution >= 4 is 6.08 Å². The summed E-state index contributed by atoms with van der Waals surface area (Å²) in [6.07, 6.45) is -0.884. The van der Waals surface area contributed by atoms with Crippen molar-refractivity contribution in [1.29, 1.82) is 0 Å². The van der Waals surface area contributed by atoms with Crippen LogP contribution in [0.15, 0.2) is 72.8 Å². The lowest BCUT2D eigenvalue weighted by Gasteiger charge is -2.12. The van der Waals surface area contributed by atoms with Gasteiger partial charge in [-0.2, -0.15) is 13.2 Å². The van der Waals surface area contributed by atoms with Crippen molar-refractivity contribution in [3.8, 4) is 17.2 Å². The zero-order valence-corrected chi connectivity index (χ0v) is 15.2. The van der Waals surface area contributed by atoms with Crippen LogP contribution in [-0.4, -0.2) is 6.61 Å². The second kappa shape index (κ2) is 8.65. The lowest BCUT2D eigenvalue weighted by molar-refractivity contribution is -0.137. The molecule has 0 atom stereocenters. The molecule has 0 aromatic heterocycles. The average molecular weight is 383 g/mol. The third kappa shape index (κ3) is 5.16. The largest absolute Gasteiger partial charge is 0.486 e. The number of hydrogen-bond donors (Lipinski definition) is 0. The third-order valence-electron chi connectivity index (χ3n) is 3.97. The number of aryl methyl sites for hydroxylation is 1. The first-order valence-electron chi connectivity index (χ1n) is 8.64. The first kappa shape index (κ1) is 19.5. The summed E-state index contributed by atoms with van der Waals surface area (Å²) in [6.45, 7) is 2.16. The molecule has 3 aromatic rings. The Morgan fingerprint density at radius 2 is 1.57 bits per heavy atom. The number of rotatable bonds is 6. The van der Waals surface area contributed by atoms with Crippen molar-refractivity contribution < 1.29 is 22.6 Å². The molecule has 0 aliphatic carbocycles. The molecule has 0 fully saturated rings. The van der Waals surface area contributed by atoms with E-state index in [9.17, 15) is 13.2 Å². The summed E-state index contributed by atoms with van der Waals surface area (Å²) in [5, 5.41) is 0. The molecule has 143 valence electrons. The molecule has 0 unspecified atom stereocenters. The minimum atomic E-state index is -4.33. The van der Waals surface area contributed by atoms with Crippen LogP contribution in [0.5, 0.6) is 17.2 Å². The van der Waals surface area contributed by atoms with Crippen LogP contribution >= 0.6 is 0 Å². The SMILES string of the molecule is Cc1[c]cccc1Oc1ccccc1OC/C=C/c1ccc(C(F)(F)F)cc1. The van der Waals surface area contributed by atoms with Crippen LogP contribution in [0.25, 0.3) is 6.08 Å². The number of halogens is 3. The quantitative estimate of drug-likeness (QED) is 0.472. The van der Waals surface area contributed by atoms with Crippen molar-refractivity contribution in [2.75, 3.05) is 6.61 Å². The third-order valence-corrected chi connectivity index (χ3v) is 3.97. The Labute approximate surface area is 161 Å². The van der Waals surface area contributed by atoms with Gasteiger partial charge in [0.25, 0.3) is 0 Å². The Morgan fingerprint density at radius 3 is 2.25 bits per heavy atom. The van der Waals surface area contributed by atoms with Gasteiger partial charge in [0.2, 0.25) is 0 Å². The monoisotopic (exact) mass is 383 g/mol. The van der Waals surface area contributed by atoms with Crippen LogP contribution in [0.1, 0.15) is 16.7 Å². The maximum Gasteiger partial charge on any atom is 0.416 e. The molecule has 0 saturated carbocycles. The Morgan fingerprint density at radius 1 is 0.893 bits per heavy atom. The van der Waals surface area contributed by atoms with Crippen molar-refractivity contribution in [2.24, 2.45) is 0 Å². The van der Waals surface area contributed by atoms with Crippen LogP contribution in [0, 0.1) is 13.0 Å². The average Bonchev–Trinajstić information content (AvgIpc) is 2.68. The zero-order chi connectivity index (χ0) is 20.0. The van der Waals surface area contributed by atoms with Gasteiger partial charge in [0.1, 0.15) is 12.4 Å². The lowest BCUT2D eigenvalue weighted by atomic mass is 10.1. The first-order chi connectivity index (χ1) is 13.4. The van der Waals surface area contributed by atoms with Crippen molar-refractivity contribution in [3.05, 3.63) is 95.6 Å². The molecule has 2 nitrogen and oxygen atoms in total. The molecule has 0 bridgehead atoms. The molecule has 0 aliphatic rings. The van der Waals surface area contributed by atoms with Crippen LogP contribution in [0.4, 0.5) is 13.2 Å². The summed E-state index contributed by atoms with van der Waals surface area (Å²) in [4.78, 5) is 0. The van der Waals surface area contributed by atoms with Gasteiger partial charge in [-0.25, -0.2) is 0 Å². The fraction of sp³-hybridized carbons (Fsp3) is 0.130. The highest BCUT2D eigenvalue weighted by atomic mass is 19.4. The van der Waals surface area contributed by atoms with Gasteiger partial charge in [0.05, 0.1) is 5.56 Å². The molecule has 5 heteroatoms. The Hall–Kier alpha value is -3.21. The Kier molecular flexibility index (Phi) is 6.04. The molecule has 0 aliphatic heterocycles. The molecular weight excluding hydrogens is 365 g/mol. The van der Waals surface area contributed by atoms with Gasteiger partial charge in [0.15, 0.2) is 11.5 Å². The number of para-hydroxylation sites is 2. The van der Waals surface area contributed by atoms with E-state index in [0.717, 1.165) is 17.7 Å². The van der Waals surface area contributed by atoms with E-state index < -0.39 is 11.7 Å². The van der Waals surface area contributed by atoms with Gasteiger partial charge in [-0.05, 0) is 60.5 Å². The molecule has 28 heavy (non-hydrogen) atoms. The van der Waals surface area contributed by atoms with Crippen molar-refractivity contribution in [3.63, 3.8) is 0 Å². The van der Waals surface area contributed by atoms with Gasteiger partial charge in [0, 0.05) is 0 Å². The van der Waals surface area contributed by atoms with Crippen LogP contribution in [0.2, 0.25) is 0 Å². The Balaban J connectivity index is 1.62. The normalized spacial score (nSPS) is 11.6. The molecule has 0 heterocycles. The van der Waals surface area contributed by atoms with E-state index in [2.05, 4.69) is 6.07 Å². The standard InChI is InChI=1S/C23H18F3O2/c1-17-7-2-3-9-20(17)28-22-11-5-4-10-21(22)27-16-6-8-18-12-14-19(15-13-18)23(24,25)26/h2-6,8-15H,16H2,1H3/b8-6+. The molecule has 0 saturated heterocycles. The summed E-state index contributed by atoms with van der Waals surface area (Å²) in [5.41, 5.74) is 0.886. The predicted molar refractivity (Wildman–Crippen MR) is 103 cm³/mol. The highest BCUT2D eigenvalue weighted by molar-refractivity contribution is 5.50. The maximum atomic E-state index is 12.6. The van der Waals surface area contributed by atoms with E-state index in [-0.39, 0.29) is 6.61 Å². The van der Waals surface area contributed by atoms with Gasteiger partial charge < -0.3 is 9.47 Å². The fourth-order valence-electron chi connectivity index (χ4n) is 2.49. The van der Waals surface area contributed by atoms with Crippen LogP contribution in [0.3, 0.4) is 0 Å². The van der Waals surface area contributed by atoms with E-state index in [1.165, 1.54) is 12.1 Å². The summed E-state index contributed by atoms with van der Waals surface area (Å²) < 4.78 is 49.4. The molecule has 0 spiro atoms. The smallest absolute Gasteiger partial charge is 0.416 e. The summed E-state index contributed by atoms with van der Waals surface area (Å²) >= 11 is 0. The van der Waals surface area contributed by atoms with Gasteiger partial charge in [-0.1, -0.05) is 42.5 Å². The Bertz CT molecular complexity index is 945. The zero-order valence-electron chi connectivity index (χ0n) is 15.2. The molecule has 0 amide bonds. The van der Waals surface area contributed by atoms with Gasteiger partial charge in [-0.3, -0.25) is 0 Å². The van der Waals surface area contributed by atoms with Crippen LogP contribution in [-0.2, 0) is 6.18 Å². The summed E-state index contributed by atoms with van der Waals surface area (Å²) in [6, 6.07) is 20.8. The highest BCUT2D eigenvalue weighted by Gasteiger charge is 2.29. The lowest BCUT2D eigenvalue weighted by Crippen LogP contribution is -2.04. The number of benzene rings is 3. The molecule has 0 N–H and O–H groups in total. The highest BCUT2D eigenvalue weighted by Crippen LogP contribution is 2.32. The van der Waals surface area contributed by atoms with E-state index >= 15 is 0 Å². The van der Waals surface area contributed by atoms with E-state index in [0.29, 0.717) is 22.8 Å². The summed E-state index contributed by atoms with van der Waals surface area (Å²) in [5.74, 6) is 1.84. The topological polar surface area (TPSA) is 18.5 Å². The minimum Gasteiger partial charge on any atom is -0.486 e. The van der Waals surface area contributed by atoms with Gasteiger partial charge >= 0.3 is 6.18 Å². The summed E-state index contributed by atoms with van der Waals surface area (Å²) in [7, 11) is 0. The van der Waals surface area contributed by atoms with E-state index in [1.54, 1.807) is 24.3 Å². The maximum absolute atomic E-state index is 12.6. The van der Waals surface area contributed by atoms with Crippen LogP contribution < -0.4 is 9.47 Å². The van der Waals surface area contributed by atoms with Crippen molar-refractivity contribution in [2.45, 2.75) is 13.1 Å². The first-order valence-corrected chi connectivity index (χ1v) is 8.64. The predicted octanol–water partition coefficient (Wildman–Crippen LogP) is 6.70. The molecule has 3 rings (SSSR count). The van der Waals surface area contributed by atoms with Crippen molar-refractivity contribution in [1.82, 2.24) is 0 Å². The van der Waals surface area contributed by atoms with E-state index in [1.807, 2.05) is 37.3 Å². The fourth-order valence-corrected chi connectivity index (χ4v) is 2.49. The number of alkyl halides is 3. The minimum absolute atomic E-state index is 0.251. The second-order valence-corrected chi connectivity index (χ2v) is 6.04. The molecule has 3 aromatic carbocycles. The second-order valence-electron chi connectivity index (χ2n) is 6.04. The number of ether oxygens (including phenoxy) is 2. The number of hydrogen-bond acceptors (Lipinski definition) is 2. The van der Waals surface area contributed by atoms with Gasteiger partial charge in [-0.15, -0.1) is 0 Å². The van der Waals surface area contributed by atoms with E-state index in [4.69, 9.17) is 9.47 Å².